The van der Waals surface area contributed by atoms with Crippen LogP contribution in [0.15, 0.2) is 30.3 Å². The number of carbonyl (C=O) groups excluding carboxylic acids is 1. The predicted molar refractivity (Wildman–Crippen MR) is 109 cm³/mol. The van der Waals surface area contributed by atoms with Gasteiger partial charge in [-0.2, -0.15) is 0 Å². The number of nitrogens with one attached hydrogen (secondary N) is 1. The Labute approximate surface area is 184 Å². The van der Waals surface area contributed by atoms with Gasteiger partial charge in [-0.05, 0) is 35.9 Å². The molecule has 1 aliphatic rings. The second-order valence-electron chi connectivity index (χ2n) is 5.94. The van der Waals surface area contributed by atoms with Crippen LogP contribution in [0.1, 0.15) is 21.8 Å². The van der Waals surface area contributed by atoms with Gasteiger partial charge < -0.3 is 10.4 Å². The number of anilines is 1. The number of alkyl halides is 2. The minimum Gasteiger partial charge on any atom is -0.478 e. The third-order valence-corrected chi connectivity index (χ3v) is 6.13. The van der Waals surface area contributed by atoms with E-state index in [2.05, 4.69) is 5.32 Å². The number of benzene rings is 2. The van der Waals surface area contributed by atoms with Crippen LogP contribution in [0.3, 0.4) is 0 Å². The highest BCUT2D eigenvalue weighted by atomic mass is 35.5. The van der Waals surface area contributed by atoms with Gasteiger partial charge in [-0.15, -0.1) is 23.2 Å². The lowest BCUT2D eigenvalue weighted by molar-refractivity contribution is -0.117. The number of halogens is 6. The van der Waals surface area contributed by atoms with Gasteiger partial charge in [0, 0.05) is 16.0 Å². The van der Waals surface area contributed by atoms with Crippen molar-refractivity contribution in [2.24, 2.45) is 5.92 Å². The second kappa shape index (κ2) is 7.51. The summed E-state index contributed by atoms with van der Waals surface area (Å²) in [6.45, 7) is 0. The highest BCUT2D eigenvalue weighted by molar-refractivity contribution is 6.53. The molecule has 0 radical (unpaired) electrons. The van der Waals surface area contributed by atoms with Gasteiger partial charge in [0.1, 0.15) is 4.33 Å². The van der Waals surface area contributed by atoms with Crippen LogP contribution >= 0.6 is 69.6 Å². The van der Waals surface area contributed by atoms with Gasteiger partial charge in [-0.1, -0.05) is 46.4 Å². The standard InChI is InChI=1S/C17H9Cl6NO3/c18-7-1-6(2-8(19)3-7)13-14(17(13,22)23)15(25)24-12-4-9(16(26)27)10(20)5-11(12)21/h1-5,13-14H,(H,24,25)(H,26,27). The summed E-state index contributed by atoms with van der Waals surface area (Å²) >= 11 is 36.5. The molecule has 2 N–H and O–H groups in total. The molecule has 0 saturated heterocycles. The summed E-state index contributed by atoms with van der Waals surface area (Å²) in [5, 5.41) is 12.5. The van der Waals surface area contributed by atoms with E-state index in [0.29, 0.717) is 15.6 Å². The number of amides is 1. The van der Waals surface area contributed by atoms with Crippen LogP contribution in [0.5, 0.6) is 0 Å². The van der Waals surface area contributed by atoms with Crippen LogP contribution in [0.25, 0.3) is 0 Å². The van der Waals surface area contributed by atoms with Crippen LogP contribution in [0.4, 0.5) is 5.69 Å². The average molecular weight is 488 g/mol. The molecule has 0 bridgehead atoms. The maximum absolute atomic E-state index is 12.7. The van der Waals surface area contributed by atoms with E-state index in [1.54, 1.807) is 18.2 Å². The molecule has 1 saturated carbocycles. The zero-order chi connectivity index (χ0) is 20.1. The first kappa shape index (κ1) is 20.8. The Balaban J connectivity index is 1.87. The number of aromatic carboxylic acids is 1. The first-order valence-electron chi connectivity index (χ1n) is 7.39. The number of hydrogen-bond donors (Lipinski definition) is 2. The lowest BCUT2D eigenvalue weighted by Gasteiger charge is -2.10. The molecule has 0 aliphatic heterocycles. The fraction of sp³-hybridized carbons (Fsp3) is 0.176. The number of carbonyl (C=O) groups is 2. The molecule has 0 spiro atoms. The van der Waals surface area contributed by atoms with Gasteiger partial charge >= 0.3 is 5.97 Å². The normalized spacial score (nSPS) is 20.2. The fourth-order valence-corrected chi connectivity index (χ4v) is 4.72. The summed E-state index contributed by atoms with van der Waals surface area (Å²) in [7, 11) is 0. The van der Waals surface area contributed by atoms with Gasteiger partial charge in [-0.3, -0.25) is 4.79 Å². The molecule has 1 fully saturated rings. The van der Waals surface area contributed by atoms with Gasteiger partial charge in [0.15, 0.2) is 0 Å². The fourth-order valence-electron chi connectivity index (χ4n) is 2.84. The van der Waals surface area contributed by atoms with Gasteiger partial charge in [-0.25, -0.2) is 4.79 Å². The Morgan fingerprint density at radius 2 is 1.52 bits per heavy atom. The molecular weight excluding hydrogens is 479 g/mol. The Morgan fingerprint density at radius 1 is 0.926 bits per heavy atom. The topological polar surface area (TPSA) is 66.4 Å². The van der Waals surface area contributed by atoms with Crippen LogP contribution < -0.4 is 5.32 Å². The predicted octanol–water partition coefficient (Wildman–Crippen LogP) is 6.52. The first-order chi connectivity index (χ1) is 12.5. The van der Waals surface area contributed by atoms with Crippen molar-refractivity contribution >= 4 is 87.2 Å². The van der Waals surface area contributed by atoms with E-state index in [9.17, 15) is 9.59 Å². The zero-order valence-electron chi connectivity index (χ0n) is 13.1. The van der Waals surface area contributed by atoms with E-state index >= 15 is 0 Å². The Hall–Kier alpha value is -0.880. The molecule has 0 aromatic heterocycles. The van der Waals surface area contributed by atoms with Crippen molar-refractivity contribution in [3.63, 3.8) is 0 Å². The van der Waals surface area contributed by atoms with Crippen LogP contribution in [-0.2, 0) is 4.79 Å². The average Bonchev–Trinajstić information content (AvgIpc) is 3.11. The summed E-state index contributed by atoms with van der Waals surface area (Å²) in [6.07, 6.45) is 0. The van der Waals surface area contributed by atoms with E-state index in [1.165, 1.54) is 12.1 Å². The van der Waals surface area contributed by atoms with E-state index in [1.807, 2.05) is 0 Å². The number of hydrogen-bond acceptors (Lipinski definition) is 2. The molecule has 1 aliphatic carbocycles. The lowest BCUT2D eigenvalue weighted by atomic mass is 10.1. The Morgan fingerprint density at radius 3 is 2.07 bits per heavy atom. The van der Waals surface area contributed by atoms with Crippen molar-refractivity contribution in [2.75, 3.05) is 5.32 Å². The van der Waals surface area contributed by atoms with Crippen molar-refractivity contribution in [1.82, 2.24) is 0 Å². The molecule has 2 atom stereocenters. The van der Waals surface area contributed by atoms with Crippen molar-refractivity contribution in [3.8, 4) is 0 Å². The number of carboxylic acids is 1. The largest absolute Gasteiger partial charge is 0.478 e. The van der Waals surface area contributed by atoms with Crippen molar-refractivity contribution < 1.29 is 14.7 Å². The molecule has 4 nitrogen and oxygen atoms in total. The van der Waals surface area contributed by atoms with E-state index in [-0.39, 0.29) is 21.3 Å². The summed E-state index contributed by atoms with van der Waals surface area (Å²) < 4.78 is -1.37. The molecule has 142 valence electrons. The quantitative estimate of drug-likeness (QED) is 0.482. The summed E-state index contributed by atoms with van der Waals surface area (Å²) in [4.78, 5) is 23.9. The van der Waals surface area contributed by atoms with Gasteiger partial charge in [0.2, 0.25) is 5.91 Å². The van der Waals surface area contributed by atoms with E-state index < -0.39 is 28.0 Å². The Bertz CT molecular complexity index is 942. The number of rotatable bonds is 4. The van der Waals surface area contributed by atoms with Crippen molar-refractivity contribution in [3.05, 3.63) is 61.5 Å². The molecule has 27 heavy (non-hydrogen) atoms. The van der Waals surface area contributed by atoms with E-state index in [0.717, 1.165) is 0 Å². The second-order valence-corrected chi connectivity index (χ2v) is 9.07. The minimum atomic E-state index is -1.37. The van der Waals surface area contributed by atoms with Crippen molar-refractivity contribution in [1.29, 1.82) is 0 Å². The summed E-state index contributed by atoms with van der Waals surface area (Å²) in [5.74, 6) is -3.13. The third-order valence-electron chi connectivity index (χ3n) is 4.13. The molecule has 2 aromatic rings. The maximum atomic E-state index is 12.7. The first-order valence-corrected chi connectivity index (χ1v) is 9.66. The smallest absolute Gasteiger partial charge is 0.337 e. The highest BCUT2D eigenvalue weighted by Crippen LogP contribution is 2.65. The molecule has 10 heteroatoms. The maximum Gasteiger partial charge on any atom is 0.337 e. The summed E-state index contributed by atoms with van der Waals surface area (Å²) in [6, 6.07) is 7.21. The SMILES string of the molecule is O=C(O)c1cc(NC(=O)C2C(c3cc(Cl)cc(Cl)c3)C2(Cl)Cl)c(Cl)cc1Cl. The van der Waals surface area contributed by atoms with E-state index in [4.69, 9.17) is 74.7 Å². The van der Waals surface area contributed by atoms with Crippen LogP contribution in [-0.4, -0.2) is 21.3 Å². The summed E-state index contributed by atoms with van der Waals surface area (Å²) in [5.41, 5.74) is 0.502. The van der Waals surface area contributed by atoms with Crippen LogP contribution in [0.2, 0.25) is 20.1 Å². The third kappa shape index (κ3) is 4.12. The lowest BCUT2D eigenvalue weighted by Crippen LogP contribution is -2.18. The van der Waals surface area contributed by atoms with Crippen molar-refractivity contribution in [2.45, 2.75) is 10.3 Å². The van der Waals surface area contributed by atoms with Gasteiger partial charge in [0.05, 0.1) is 27.2 Å². The number of carboxylic acid groups (broad SMARTS) is 1. The minimum absolute atomic E-state index is 0.0487. The Kier molecular flexibility index (Phi) is 5.80. The molecule has 1 amide bonds. The van der Waals surface area contributed by atoms with Crippen LogP contribution in [0, 0.1) is 5.92 Å². The molecule has 2 unspecified atom stereocenters. The molecule has 0 heterocycles. The van der Waals surface area contributed by atoms with Gasteiger partial charge in [0.25, 0.3) is 0 Å². The molecule has 3 rings (SSSR count). The molecular formula is C17H9Cl6NO3. The zero-order valence-corrected chi connectivity index (χ0v) is 17.6. The molecule has 2 aromatic carbocycles. The highest BCUT2D eigenvalue weighted by Gasteiger charge is 2.67. The monoisotopic (exact) mass is 485 g/mol.